The second-order valence-electron chi connectivity index (χ2n) is 12.1. The molecule has 1 aliphatic carbocycles. The number of alkyl halides is 6. The van der Waals surface area contributed by atoms with E-state index in [2.05, 4.69) is 10.2 Å². The summed E-state index contributed by atoms with van der Waals surface area (Å²) in [5.74, 6) is -7.09. The molecule has 1 aromatic carbocycles. The predicted octanol–water partition coefficient (Wildman–Crippen LogP) is 1.88. The van der Waals surface area contributed by atoms with Crippen LogP contribution in [0.3, 0.4) is 0 Å². The average Bonchev–Trinajstić information content (AvgIpc) is 3.50. The molecule has 16 nitrogen and oxygen atoms in total. The smallest absolute Gasteiger partial charge is 0.478 e. The fourth-order valence-electron chi connectivity index (χ4n) is 5.78. The minimum absolute atomic E-state index is 0.00983. The van der Waals surface area contributed by atoms with Crippen LogP contribution in [-0.2, 0) is 29.2 Å². The Hall–Kier alpha value is -4.51. The highest BCUT2D eigenvalue weighted by atomic mass is 32.2. The normalized spacial score (nSPS) is 22.9. The number of hydrogen-bond donors (Lipinski definition) is 6. The number of amidine groups is 1. The topological polar surface area (TPSA) is 252 Å². The number of aromatic carboxylic acids is 1. The van der Waals surface area contributed by atoms with Crippen LogP contribution in [0.25, 0.3) is 0 Å². The zero-order valence-corrected chi connectivity index (χ0v) is 28.3. The van der Waals surface area contributed by atoms with Gasteiger partial charge in [0.15, 0.2) is 0 Å². The second kappa shape index (κ2) is 17.8. The van der Waals surface area contributed by atoms with Gasteiger partial charge in [0.25, 0.3) is 0 Å². The quantitative estimate of drug-likeness (QED) is 0.132. The molecule has 7 N–H and O–H groups in total. The monoisotopic (exact) mass is 776 g/mol. The van der Waals surface area contributed by atoms with Gasteiger partial charge in [0.1, 0.15) is 6.04 Å². The molecule has 1 aromatic rings. The van der Waals surface area contributed by atoms with Crippen molar-refractivity contribution in [2.45, 2.75) is 56.5 Å². The first-order valence-electron chi connectivity index (χ1n) is 15.4. The fourth-order valence-corrected chi connectivity index (χ4v) is 6.60. The number of nitrogens with one attached hydrogen (secondary N) is 2. The van der Waals surface area contributed by atoms with Crippen LogP contribution in [-0.4, -0.2) is 137 Å². The van der Waals surface area contributed by atoms with E-state index < -0.39 is 46.3 Å². The molecule has 0 spiro atoms. The number of aliphatic carboxylic acids is 2. The van der Waals surface area contributed by atoms with Gasteiger partial charge in [-0.15, -0.1) is 0 Å². The van der Waals surface area contributed by atoms with Crippen molar-refractivity contribution in [2.24, 2.45) is 17.6 Å². The fraction of sp³-hybridized carbons (Fsp3) is 0.586. The largest absolute Gasteiger partial charge is 0.490 e. The highest BCUT2D eigenvalue weighted by Gasteiger charge is 2.45. The number of benzene rings is 1. The molecule has 2 heterocycles. The van der Waals surface area contributed by atoms with Gasteiger partial charge in [-0.05, 0) is 56.4 Å². The Labute approximate surface area is 293 Å². The van der Waals surface area contributed by atoms with E-state index in [-0.39, 0.29) is 41.1 Å². The molecule has 52 heavy (non-hydrogen) atoms. The van der Waals surface area contributed by atoms with Gasteiger partial charge in [-0.1, -0.05) is 0 Å². The maximum Gasteiger partial charge on any atom is 0.490 e. The third-order valence-corrected chi connectivity index (χ3v) is 9.83. The summed E-state index contributed by atoms with van der Waals surface area (Å²) in [6, 6.07) is 5.07. The molecule has 292 valence electrons. The highest BCUT2D eigenvalue weighted by Crippen LogP contribution is 2.33. The minimum atomic E-state index is -5.08. The van der Waals surface area contributed by atoms with Crippen LogP contribution in [0.1, 0.15) is 42.5 Å². The zero-order chi connectivity index (χ0) is 39.8. The summed E-state index contributed by atoms with van der Waals surface area (Å²) in [4.78, 5) is 59.8. The minimum Gasteiger partial charge on any atom is -0.478 e. The number of hydrogen-bond acceptors (Lipinski definition) is 9. The van der Waals surface area contributed by atoms with Crippen LogP contribution < -0.4 is 11.1 Å². The molecule has 4 rings (SSSR count). The summed E-state index contributed by atoms with van der Waals surface area (Å²) in [7, 11) is -3.27. The van der Waals surface area contributed by atoms with Crippen molar-refractivity contribution in [3.63, 3.8) is 0 Å². The molecule has 2 aliphatic heterocycles. The number of halogens is 6. The van der Waals surface area contributed by atoms with E-state index in [1.165, 1.54) is 34.8 Å². The molecule has 1 saturated carbocycles. The summed E-state index contributed by atoms with van der Waals surface area (Å²) in [5.41, 5.74) is 6.22. The van der Waals surface area contributed by atoms with Crippen molar-refractivity contribution in [3.8, 4) is 0 Å². The number of likely N-dealkylation sites (tertiary alicyclic amines) is 1. The summed E-state index contributed by atoms with van der Waals surface area (Å²) in [6.07, 6.45) is -5.98. The van der Waals surface area contributed by atoms with Crippen molar-refractivity contribution in [1.29, 1.82) is 5.41 Å². The van der Waals surface area contributed by atoms with E-state index in [9.17, 15) is 49.1 Å². The van der Waals surface area contributed by atoms with E-state index in [1.54, 1.807) is 4.90 Å². The van der Waals surface area contributed by atoms with E-state index in [0.717, 1.165) is 0 Å². The Balaban J connectivity index is 0.000000564. The number of nitrogens with two attached hydrogens (primary N) is 1. The van der Waals surface area contributed by atoms with E-state index >= 15 is 0 Å². The number of nitrogens with zero attached hydrogens (tertiary/aromatic N) is 3. The van der Waals surface area contributed by atoms with Crippen LogP contribution in [0.15, 0.2) is 24.3 Å². The summed E-state index contributed by atoms with van der Waals surface area (Å²) >= 11 is 0. The molecular weight excluding hydrogens is 738 g/mol. The maximum atomic E-state index is 13.7. The molecule has 0 unspecified atom stereocenters. The lowest BCUT2D eigenvalue weighted by Gasteiger charge is -2.37. The zero-order valence-electron chi connectivity index (χ0n) is 27.5. The van der Waals surface area contributed by atoms with Gasteiger partial charge in [0.05, 0.1) is 17.7 Å². The SMILES string of the molecule is CS(=O)(=O)N1CCN([C@H]2C[C@@H](C(=O)Nc3ccc(C(=O)O)cc3)N(C(=O)[C@H]3CC[C@H](C(=N)N)CC3)C2)CC1.O=C(O)C(F)(F)F.O=C(O)C(F)(F)F. The number of rotatable bonds is 7. The van der Waals surface area contributed by atoms with Crippen molar-refractivity contribution < 1.29 is 74.1 Å². The molecule has 3 fully saturated rings. The predicted molar refractivity (Wildman–Crippen MR) is 169 cm³/mol. The third kappa shape index (κ3) is 12.9. The van der Waals surface area contributed by atoms with Gasteiger partial charge in [-0.2, -0.15) is 30.6 Å². The standard InChI is InChI=1S/C25H36N6O6S.2C2HF3O2/c1-38(36,37)30-12-10-29(11-13-30)20-14-21(23(32)28-19-8-6-18(7-9-19)25(34)35)31(15-20)24(33)17-4-2-16(3-5-17)22(26)27;2*3-2(4,5)1(6)7/h6-9,16-17,20-21H,2-5,10-15H2,1H3,(H3,26,27)(H,28,32)(H,34,35);2*(H,6,7)/t16-,17-,20-,21-;;/m0../s1. The number of amides is 2. The van der Waals surface area contributed by atoms with Gasteiger partial charge in [0.2, 0.25) is 21.8 Å². The molecule has 2 saturated heterocycles. The highest BCUT2D eigenvalue weighted by molar-refractivity contribution is 7.88. The van der Waals surface area contributed by atoms with Crippen molar-refractivity contribution in [1.82, 2.24) is 14.1 Å². The Morgan fingerprint density at radius 3 is 1.65 bits per heavy atom. The molecular formula is C29H38F6N6O10S. The maximum absolute atomic E-state index is 13.7. The number of carboxylic acid groups (broad SMARTS) is 3. The molecule has 0 bridgehead atoms. The summed E-state index contributed by atoms with van der Waals surface area (Å²) in [5, 5.41) is 33.9. The van der Waals surface area contributed by atoms with Gasteiger partial charge in [-0.3, -0.25) is 19.9 Å². The van der Waals surface area contributed by atoms with Gasteiger partial charge in [-0.25, -0.2) is 22.8 Å². The molecule has 23 heteroatoms. The van der Waals surface area contributed by atoms with Gasteiger partial charge in [0, 0.05) is 56.3 Å². The number of carbonyl (C=O) groups excluding carboxylic acids is 2. The Bertz CT molecular complexity index is 1550. The van der Waals surface area contributed by atoms with Gasteiger partial charge < -0.3 is 31.3 Å². The van der Waals surface area contributed by atoms with Crippen molar-refractivity contribution >= 4 is 51.3 Å². The number of piperazine rings is 1. The first-order chi connectivity index (χ1) is 23.8. The van der Waals surface area contributed by atoms with Crippen LogP contribution in [0.2, 0.25) is 0 Å². The third-order valence-electron chi connectivity index (χ3n) is 8.52. The van der Waals surface area contributed by atoms with Crippen LogP contribution in [0, 0.1) is 17.2 Å². The first kappa shape index (κ1) is 43.7. The lowest BCUT2D eigenvalue weighted by molar-refractivity contribution is -0.193. The van der Waals surface area contributed by atoms with Gasteiger partial charge >= 0.3 is 30.3 Å². The molecule has 0 aromatic heterocycles. The number of anilines is 1. The van der Waals surface area contributed by atoms with Crippen molar-refractivity contribution in [3.05, 3.63) is 29.8 Å². The molecule has 3 aliphatic rings. The van der Waals surface area contributed by atoms with E-state index in [1.807, 2.05) is 0 Å². The Morgan fingerprint density at radius 1 is 0.827 bits per heavy atom. The average molecular weight is 777 g/mol. The number of carbonyl (C=O) groups is 5. The molecule has 0 radical (unpaired) electrons. The van der Waals surface area contributed by atoms with E-state index in [4.69, 9.17) is 36.1 Å². The lowest BCUT2D eigenvalue weighted by Crippen LogP contribution is -2.52. The van der Waals surface area contributed by atoms with Crippen LogP contribution in [0.4, 0.5) is 32.0 Å². The first-order valence-corrected chi connectivity index (χ1v) is 17.3. The second-order valence-corrected chi connectivity index (χ2v) is 14.1. The number of sulfonamides is 1. The lowest BCUT2D eigenvalue weighted by atomic mass is 9.80. The van der Waals surface area contributed by atoms with Crippen LogP contribution >= 0.6 is 0 Å². The molecule has 2 amide bonds. The summed E-state index contributed by atoms with van der Waals surface area (Å²) < 4.78 is 88.8. The number of carboxylic acids is 3. The Kier molecular flexibility index (Phi) is 15.0. The van der Waals surface area contributed by atoms with Crippen LogP contribution in [0.5, 0.6) is 0 Å². The Morgan fingerprint density at radius 2 is 1.27 bits per heavy atom. The van der Waals surface area contributed by atoms with Crippen molar-refractivity contribution in [2.75, 3.05) is 44.3 Å². The summed E-state index contributed by atoms with van der Waals surface area (Å²) in [6.45, 7) is 2.15. The molecule has 2 atom stereocenters. The van der Waals surface area contributed by atoms with E-state index in [0.29, 0.717) is 70.5 Å².